The van der Waals surface area contributed by atoms with Crippen molar-refractivity contribution in [3.8, 4) is 0 Å². The first-order valence-corrected chi connectivity index (χ1v) is 9.53. The standard InChI is InChI=1S/C22H17NO4S/c1-15-10-11-16(27-15)12-13-22(25)26-14-21(24)23-17-6-2-4-8-19(17)28-20-9-5-3-7-18(20)23/h2-13H,14H2,1H3/b13-12+. The van der Waals surface area contributed by atoms with Gasteiger partial charge in [-0.15, -0.1) is 0 Å². The highest BCUT2D eigenvalue weighted by atomic mass is 32.2. The first kappa shape index (κ1) is 18.1. The van der Waals surface area contributed by atoms with Crippen LogP contribution in [0.5, 0.6) is 0 Å². The molecule has 1 aromatic heterocycles. The van der Waals surface area contributed by atoms with Gasteiger partial charge in [-0.3, -0.25) is 9.69 Å². The molecule has 0 saturated carbocycles. The molecule has 0 radical (unpaired) electrons. The molecule has 0 saturated heterocycles. The number of nitrogens with zero attached hydrogens (tertiary/aromatic N) is 1. The van der Waals surface area contributed by atoms with E-state index in [9.17, 15) is 9.59 Å². The Bertz CT molecular complexity index is 1020. The van der Waals surface area contributed by atoms with E-state index in [0.717, 1.165) is 26.9 Å². The minimum Gasteiger partial charge on any atom is -0.462 e. The highest BCUT2D eigenvalue weighted by molar-refractivity contribution is 7.99. The molecule has 1 aliphatic heterocycles. The van der Waals surface area contributed by atoms with E-state index in [2.05, 4.69) is 0 Å². The molecule has 0 atom stereocenters. The molecule has 0 fully saturated rings. The number of hydrogen-bond donors (Lipinski definition) is 0. The van der Waals surface area contributed by atoms with Gasteiger partial charge in [-0.05, 0) is 49.4 Å². The van der Waals surface area contributed by atoms with Crippen molar-refractivity contribution >= 4 is 41.1 Å². The summed E-state index contributed by atoms with van der Waals surface area (Å²) in [6.07, 6.45) is 2.77. The molecule has 140 valence electrons. The number of fused-ring (bicyclic) bond motifs is 2. The monoisotopic (exact) mass is 391 g/mol. The summed E-state index contributed by atoms with van der Waals surface area (Å²) in [7, 11) is 0. The molecule has 6 heteroatoms. The molecule has 2 aromatic carbocycles. The molecule has 1 aliphatic rings. The third kappa shape index (κ3) is 3.73. The summed E-state index contributed by atoms with van der Waals surface area (Å²) in [5.41, 5.74) is 1.57. The van der Waals surface area contributed by atoms with Crippen molar-refractivity contribution in [2.75, 3.05) is 11.5 Å². The predicted octanol–water partition coefficient (Wildman–Crippen LogP) is 4.97. The smallest absolute Gasteiger partial charge is 0.331 e. The second kappa shape index (κ2) is 7.78. The maximum absolute atomic E-state index is 12.9. The van der Waals surface area contributed by atoms with Gasteiger partial charge in [0, 0.05) is 15.9 Å². The first-order chi connectivity index (χ1) is 13.6. The topological polar surface area (TPSA) is 59.8 Å². The van der Waals surface area contributed by atoms with Crippen LogP contribution in [0.3, 0.4) is 0 Å². The molecule has 3 aromatic rings. The minimum atomic E-state index is -0.602. The van der Waals surface area contributed by atoms with E-state index in [4.69, 9.17) is 9.15 Å². The number of benzene rings is 2. The molecule has 2 heterocycles. The number of furan rings is 1. The van der Waals surface area contributed by atoms with Crippen LogP contribution in [-0.4, -0.2) is 18.5 Å². The fraction of sp³-hybridized carbons (Fsp3) is 0.0909. The molecular weight excluding hydrogens is 374 g/mol. The number of rotatable bonds is 4. The fourth-order valence-corrected chi connectivity index (χ4v) is 3.97. The zero-order valence-electron chi connectivity index (χ0n) is 15.1. The second-order valence-corrected chi connectivity index (χ2v) is 7.24. The SMILES string of the molecule is Cc1ccc(/C=C/C(=O)OCC(=O)N2c3ccccc3Sc3ccccc32)o1. The van der Waals surface area contributed by atoms with Gasteiger partial charge in [-0.25, -0.2) is 4.79 Å². The van der Waals surface area contributed by atoms with Gasteiger partial charge in [0.05, 0.1) is 11.4 Å². The summed E-state index contributed by atoms with van der Waals surface area (Å²) < 4.78 is 10.5. The van der Waals surface area contributed by atoms with Gasteiger partial charge < -0.3 is 9.15 Å². The molecule has 0 spiro atoms. The number of amides is 1. The van der Waals surface area contributed by atoms with Crippen LogP contribution in [0.25, 0.3) is 6.08 Å². The number of carbonyl (C=O) groups excluding carboxylic acids is 2. The summed E-state index contributed by atoms with van der Waals surface area (Å²) in [5, 5.41) is 0. The van der Waals surface area contributed by atoms with E-state index >= 15 is 0 Å². The number of aryl methyl sites for hydroxylation is 1. The molecule has 0 aliphatic carbocycles. The molecule has 5 nitrogen and oxygen atoms in total. The van der Waals surface area contributed by atoms with E-state index < -0.39 is 5.97 Å². The Hall–Kier alpha value is -3.25. The molecule has 0 unspecified atom stereocenters. The summed E-state index contributed by atoms with van der Waals surface area (Å²) in [6.45, 7) is 1.47. The van der Waals surface area contributed by atoms with Crippen LogP contribution in [0.4, 0.5) is 11.4 Å². The van der Waals surface area contributed by atoms with Crippen LogP contribution >= 0.6 is 11.8 Å². The maximum Gasteiger partial charge on any atom is 0.331 e. The number of esters is 1. The Morgan fingerprint density at radius 1 is 1.00 bits per heavy atom. The maximum atomic E-state index is 12.9. The van der Waals surface area contributed by atoms with Crippen LogP contribution in [-0.2, 0) is 14.3 Å². The van der Waals surface area contributed by atoms with Gasteiger partial charge in [-0.2, -0.15) is 0 Å². The highest BCUT2D eigenvalue weighted by Gasteiger charge is 2.28. The van der Waals surface area contributed by atoms with Crippen LogP contribution in [0, 0.1) is 6.92 Å². The number of para-hydroxylation sites is 2. The van der Waals surface area contributed by atoms with Gasteiger partial charge in [0.2, 0.25) is 0 Å². The van der Waals surface area contributed by atoms with Gasteiger partial charge in [-0.1, -0.05) is 36.0 Å². The molecule has 4 rings (SSSR count). The molecule has 0 N–H and O–H groups in total. The van der Waals surface area contributed by atoms with Gasteiger partial charge >= 0.3 is 5.97 Å². The Balaban J connectivity index is 1.49. The van der Waals surface area contributed by atoms with Crippen LogP contribution in [0.1, 0.15) is 11.5 Å². The van der Waals surface area contributed by atoms with Crippen molar-refractivity contribution in [3.05, 3.63) is 78.3 Å². The van der Waals surface area contributed by atoms with Crippen molar-refractivity contribution in [2.24, 2.45) is 0 Å². The van der Waals surface area contributed by atoms with Crippen LogP contribution in [0.15, 0.2) is 80.9 Å². The summed E-state index contributed by atoms with van der Waals surface area (Å²) in [6, 6.07) is 18.9. The van der Waals surface area contributed by atoms with E-state index in [-0.39, 0.29) is 12.5 Å². The van der Waals surface area contributed by atoms with E-state index in [1.165, 1.54) is 12.2 Å². The lowest BCUT2D eigenvalue weighted by Gasteiger charge is -2.30. The van der Waals surface area contributed by atoms with E-state index in [1.54, 1.807) is 28.8 Å². The number of anilines is 2. The Labute approximate surface area is 166 Å². The van der Waals surface area contributed by atoms with Gasteiger partial charge in [0.15, 0.2) is 6.61 Å². The second-order valence-electron chi connectivity index (χ2n) is 6.16. The molecule has 28 heavy (non-hydrogen) atoms. The number of hydrogen-bond acceptors (Lipinski definition) is 5. The number of ether oxygens (including phenoxy) is 1. The Morgan fingerprint density at radius 3 is 2.25 bits per heavy atom. The number of carbonyl (C=O) groups is 2. The highest BCUT2D eigenvalue weighted by Crippen LogP contribution is 2.47. The quantitative estimate of drug-likeness (QED) is 0.464. The lowest BCUT2D eigenvalue weighted by atomic mass is 10.2. The average molecular weight is 391 g/mol. The molecule has 0 bridgehead atoms. The van der Waals surface area contributed by atoms with Crippen molar-refractivity contribution < 1.29 is 18.7 Å². The Morgan fingerprint density at radius 2 is 1.64 bits per heavy atom. The first-order valence-electron chi connectivity index (χ1n) is 8.72. The zero-order chi connectivity index (χ0) is 19.5. The molecule has 1 amide bonds. The van der Waals surface area contributed by atoms with E-state index in [1.807, 2.05) is 55.5 Å². The van der Waals surface area contributed by atoms with Gasteiger partial charge in [0.1, 0.15) is 11.5 Å². The van der Waals surface area contributed by atoms with E-state index in [0.29, 0.717) is 5.76 Å². The van der Waals surface area contributed by atoms with Crippen LogP contribution in [0.2, 0.25) is 0 Å². The van der Waals surface area contributed by atoms with Crippen molar-refractivity contribution in [3.63, 3.8) is 0 Å². The third-order valence-corrected chi connectivity index (χ3v) is 5.29. The van der Waals surface area contributed by atoms with Crippen LogP contribution < -0.4 is 4.90 Å². The minimum absolute atomic E-state index is 0.309. The summed E-state index contributed by atoms with van der Waals surface area (Å²) >= 11 is 1.61. The normalized spacial score (nSPS) is 12.5. The zero-order valence-corrected chi connectivity index (χ0v) is 15.9. The van der Waals surface area contributed by atoms with Crippen molar-refractivity contribution in [1.82, 2.24) is 0 Å². The predicted molar refractivity (Wildman–Crippen MR) is 108 cm³/mol. The van der Waals surface area contributed by atoms with Crippen molar-refractivity contribution in [1.29, 1.82) is 0 Å². The third-order valence-electron chi connectivity index (χ3n) is 4.16. The molecular formula is C22H17NO4S. The van der Waals surface area contributed by atoms with Gasteiger partial charge in [0.25, 0.3) is 5.91 Å². The van der Waals surface area contributed by atoms with Crippen molar-refractivity contribution in [2.45, 2.75) is 16.7 Å². The fourth-order valence-electron chi connectivity index (χ4n) is 2.91. The lowest BCUT2D eigenvalue weighted by Crippen LogP contribution is -2.32. The Kier molecular flexibility index (Phi) is 5.04. The summed E-state index contributed by atoms with van der Waals surface area (Å²) in [4.78, 5) is 28.4. The average Bonchev–Trinajstić information content (AvgIpc) is 3.13. The lowest BCUT2D eigenvalue weighted by molar-refractivity contribution is -0.142. The largest absolute Gasteiger partial charge is 0.462 e. The summed E-state index contributed by atoms with van der Waals surface area (Å²) in [5.74, 6) is 0.395.